The van der Waals surface area contributed by atoms with Gasteiger partial charge in [0.25, 0.3) is 5.69 Å². The molecule has 6 nitrogen and oxygen atoms in total. The van der Waals surface area contributed by atoms with Crippen molar-refractivity contribution in [1.82, 2.24) is 0 Å². The number of hydrogen-bond donors (Lipinski definition) is 1. The Balaban J connectivity index is 2.46. The number of halogens is 2. The second-order valence-corrected chi connectivity index (χ2v) is 5.21. The number of esters is 1. The van der Waals surface area contributed by atoms with Crippen LogP contribution in [0.15, 0.2) is 16.6 Å². The summed E-state index contributed by atoms with van der Waals surface area (Å²) in [4.78, 5) is 21.2. The van der Waals surface area contributed by atoms with Gasteiger partial charge in [-0.1, -0.05) is 6.42 Å². The highest BCUT2D eigenvalue weighted by molar-refractivity contribution is 9.10. The van der Waals surface area contributed by atoms with Gasteiger partial charge in [0.15, 0.2) is 0 Å². The minimum atomic E-state index is -0.566. The Morgan fingerprint density at radius 3 is 2.76 bits per heavy atom. The SMILES string of the molecule is COC(=O)CCCCCNc1cc(F)c(Br)cc1[N+](=O)[O-]. The van der Waals surface area contributed by atoms with E-state index in [1.165, 1.54) is 7.11 Å². The van der Waals surface area contributed by atoms with Crippen LogP contribution in [0.2, 0.25) is 0 Å². The van der Waals surface area contributed by atoms with Crippen molar-refractivity contribution in [3.63, 3.8) is 0 Å². The number of methoxy groups -OCH3 is 1. The monoisotopic (exact) mass is 362 g/mol. The second-order valence-electron chi connectivity index (χ2n) is 4.35. The maximum Gasteiger partial charge on any atom is 0.305 e. The number of nitrogens with zero attached hydrogens (tertiary/aromatic N) is 1. The zero-order valence-electron chi connectivity index (χ0n) is 11.5. The first-order valence-corrected chi connectivity index (χ1v) is 7.19. The Bertz CT molecular complexity index is 525. The van der Waals surface area contributed by atoms with E-state index in [2.05, 4.69) is 26.0 Å². The molecule has 0 unspecified atom stereocenters. The van der Waals surface area contributed by atoms with Crippen LogP contribution in [0, 0.1) is 15.9 Å². The molecule has 21 heavy (non-hydrogen) atoms. The van der Waals surface area contributed by atoms with Crippen molar-refractivity contribution >= 4 is 33.3 Å². The van der Waals surface area contributed by atoms with Crippen molar-refractivity contribution in [2.75, 3.05) is 19.0 Å². The maximum absolute atomic E-state index is 13.4. The number of nitro benzene ring substituents is 1. The van der Waals surface area contributed by atoms with E-state index in [9.17, 15) is 19.3 Å². The third kappa shape index (κ3) is 5.66. The highest BCUT2D eigenvalue weighted by Crippen LogP contribution is 2.30. The first kappa shape index (κ1) is 17.4. The number of nitro groups is 1. The number of hydrogen-bond acceptors (Lipinski definition) is 5. The summed E-state index contributed by atoms with van der Waals surface area (Å²) in [6.07, 6.45) is 2.52. The lowest BCUT2D eigenvalue weighted by molar-refractivity contribution is -0.384. The number of ether oxygens (including phenoxy) is 1. The van der Waals surface area contributed by atoms with Crippen molar-refractivity contribution in [2.45, 2.75) is 25.7 Å². The van der Waals surface area contributed by atoms with Gasteiger partial charge < -0.3 is 10.1 Å². The molecule has 0 heterocycles. The summed E-state index contributed by atoms with van der Waals surface area (Å²) in [6, 6.07) is 2.23. The van der Waals surface area contributed by atoms with E-state index >= 15 is 0 Å². The summed E-state index contributed by atoms with van der Waals surface area (Å²) in [6.45, 7) is 0.461. The third-order valence-corrected chi connectivity index (χ3v) is 3.44. The molecule has 1 rings (SSSR count). The number of unbranched alkanes of at least 4 members (excludes halogenated alkanes) is 2. The smallest absolute Gasteiger partial charge is 0.305 e. The quantitative estimate of drug-likeness (QED) is 0.330. The predicted octanol–water partition coefficient (Wildman–Crippen LogP) is 3.64. The van der Waals surface area contributed by atoms with Crippen molar-refractivity contribution in [3.8, 4) is 0 Å². The fraction of sp³-hybridized carbons (Fsp3) is 0.462. The van der Waals surface area contributed by atoms with Crippen LogP contribution < -0.4 is 5.32 Å². The topological polar surface area (TPSA) is 81.5 Å². The molecule has 1 aromatic carbocycles. The molecule has 1 N–H and O–H groups in total. The minimum Gasteiger partial charge on any atom is -0.469 e. The van der Waals surface area contributed by atoms with Crippen LogP contribution in [0.25, 0.3) is 0 Å². The van der Waals surface area contributed by atoms with E-state index in [0.29, 0.717) is 25.8 Å². The molecule has 0 atom stereocenters. The molecule has 0 amide bonds. The Kier molecular flexibility index (Phi) is 7.07. The summed E-state index contributed by atoms with van der Waals surface area (Å²) >= 11 is 2.92. The van der Waals surface area contributed by atoms with Crippen LogP contribution in [0.4, 0.5) is 15.8 Å². The molecule has 0 aliphatic carbocycles. The largest absolute Gasteiger partial charge is 0.469 e. The summed E-state index contributed by atoms with van der Waals surface area (Å²) in [7, 11) is 1.34. The highest BCUT2D eigenvalue weighted by Gasteiger charge is 2.17. The lowest BCUT2D eigenvalue weighted by atomic mass is 10.2. The molecule has 0 spiro atoms. The molecule has 0 aromatic heterocycles. The van der Waals surface area contributed by atoms with Gasteiger partial charge in [-0.3, -0.25) is 14.9 Å². The van der Waals surface area contributed by atoms with Gasteiger partial charge in [-0.2, -0.15) is 0 Å². The number of rotatable bonds is 8. The summed E-state index contributed by atoms with van der Waals surface area (Å²) in [5.74, 6) is -0.817. The third-order valence-electron chi connectivity index (χ3n) is 2.84. The van der Waals surface area contributed by atoms with E-state index < -0.39 is 10.7 Å². The van der Waals surface area contributed by atoms with Gasteiger partial charge in [0.2, 0.25) is 0 Å². The zero-order valence-corrected chi connectivity index (χ0v) is 13.1. The van der Waals surface area contributed by atoms with Gasteiger partial charge in [0, 0.05) is 25.1 Å². The Morgan fingerprint density at radius 2 is 2.14 bits per heavy atom. The first-order chi connectivity index (χ1) is 9.95. The fourth-order valence-corrected chi connectivity index (χ4v) is 2.06. The zero-order chi connectivity index (χ0) is 15.8. The number of anilines is 1. The van der Waals surface area contributed by atoms with E-state index in [0.717, 1.165) is 18.6 Å². The van der Waals surface area contributed by atoms with Gasteiger partial charge in [-0.05, 0) is 28.8 Å². The average molecular weight is 363 g/mol. The number of carbonyl (C=O) groups is 1. The van der Waals surface area contributed by atoms with Crippen LogP contribution in [0.3, 0.4) is 0 Å². The van der Waals surface area contributed by atoms with E-state index in [1.807, 2.05) is 0 Å². The summed E-state index contributed by atoms with van der Waals surface area (Å²) in [5.41, 5.74) is -0.0356. The van der Waals surface area contributed by atoms with E-state index in [-0.39, 0.29) is 21.8 Å². The molecular formula is C13H16BrFN2O4. The predicted molar refractivity (Wildman–Crippen MR) is 79.7 cm³/mol. The van der Waals surface area contributed by atoms with Crippen molar-refractivity contribution in [1.29, 1.82) is 0 Å². The highest BCUT2D eigenvalue weighted by atomic mass is 79.9. The molecule has 1 aromatic rings. The van der Waals surface area contributed by atoms with E-state index in [4.69, 9.17) is 0 Å². The van der Waals surface area contributed by atoms with Crippen LogP contribution in [-0.4, -0.2) is 24.5 Å². The van der Waals surface area contributed by atoms with Crippen LogP contribution in [0.5, 0.6) is 0 Å². The van der Waals surface area contributed by atoms with Crippen LogP contribution in [0.1, 0.15) is 25.7 Å². The summed E-state index contributed by atoms with van der Waals surface area (Å²) < 4.78 is 18.0. The maximum atomic E-state index is 13.4. The first-order valence-electron chi connectivity index (χ1n) is 6.40. The average Bonchev–Trinajstić information content (AvgIpc) is 2.45. The van der Waals surface area contributed by atoms with Gasteiger partial charge in [-0.25, -0.2) is 4.39 Å². The molecule has 0 fully saturated rings. The molecule has 0 saturated carbocycles. The van der Waals surface area contributed by atoms with Gasteiger partial charge in [-0.15, -0.1) is 0 Å². The molecule has 0 aliphatic rings. The molecule has 0 bridgehead atoms. The van der Waals surface area contributed by atoms with Crippen molar-refractivity contribution in [2.24, 2.45) is 0 Å². The van der Waals surface area contributed by atoms with Crippen molar-refractivity contribution in [3.05, 3.63) is 32.5 Å². The standard InChI is InChI=1S/C13H16BrFN2O4/c1-21-13(18)5-3-2-4-6-16-11-8-10(15)9(14)7-12(11)17(19)20/h7-8,16H,2-6H2,1H3. The molecular weight excluding hydrogens is 347 g/mol. The Hall–Kier alpha value is -1.70. The van der Waals surface area contributed by atoms with Crippen molar-refractivity contribution < 1.29 is 18.8 Å². The fourth-order valence-electron chi connectivity index (χ4n) is 1.73. The number of benzene rings is 1. The second kappa shape index (κ2) is 8.56. The lowest BCUT2D eigenvalue weighted by Gasteiger charge is -2.08. The van der Waals surface area contributed by atoms with Crippen LogP contribution >= 0.6 is 15.9 Å². The molecule has 0 saturated heterocycles. The number of nitrogens with one attached hydrogen (secondary N) is 1. The molecule has 0 aliphatic heterocycles. The molecule has 116 valence electrons. The van der Waals surface area contributed by atoms with Crippen LogP contribution in [-0.2, 0) is 9.53 Å². The minimum absolute atomic E-state index is 0.0535. The summed E-state index contributed by atoms with van der Waals surface area (Å²) in [5, 5.41) is 13.7. The number of carbonyl (C=O) groups excluding carboxylic acids is 1. The van der Waals surface area contributed by atoms with E-state index in [1.54, 1.807) is 0 Å². The Labute approximate surface area is 129 Å². The molecule has 8 heteroatoms. The normalized spacial score (nSPS) is 10.2. The van der Waals surface area contributed by atoms with Gasteiger partial charge in [0.1, 0.15) is 11.5 Å². The molecule has 0 radical (unpaired) electrons. The van der Waals surface area contributed by atoms with Gasteiger partial charge >= 0.3 is 5.97 Å². The van der Waals surface area contributed by atoms with Gasteiger partial charge in [0.05, 0.1) is 16.5 Å². The Morgan fingerprint density at radius 1 is 1.43 bits per heavy atom. The lowest BCUT2D eigenvalue weighted by Crippen LogP contribution is -2.06.